The van der Waals surface area contributed by atoms with Gasteiger partial charge in [0.15, 0.2) is 5.78 Å². The highest BCUT2D eigenvalue weighted by Gasteiger charge is 2.29. The van der Waals surface area contributed by atoms with Crippen LogP contribution in [-0.4, -0.2) is 49.4 Å². The molecule has 1 saturated heterocycles. The number of ketones is 1. The van der Waals surface area contributed by atoms with E-state index in [2.05, 4.69) is 15.1 Å². The SMILES string of the molecule is Cc1cc(C)c2nc(C[C@H](C)CC(=O)N3CCC(C(=O)c4cnn(C)c4)CC3)[nH]c(=O)c2c1. The number of hydrogen-bond acceptors (Lipinski definition) is 5. The number of nitrogens with zero attached hydrogens (tertiary/aromatic N) is 4. The Morgan fingerprint density at radius 1 is 1.21 bits per heavy atom. The van der Waals surface area contributed by atoms with Gasteiger partial charge in [-0.2, -0.15) is 5.10 Å². The molecular weight excluding hydrogens is 418 g/mol. The van der Waals surface area contributed by atoms with Gasteiger partial charge in [0.2, 0.25) is 5.91 Å². The molecule has 0 saturated carbocycles. The van der Waals surface area contributed by atoms with Gasteiger partial charge in [0.25, 0.3) is 5.56 Å². The Labute approximate surface area is 193 Å². The lowest BCUT2D eigenvalue weighted by atomic mass is 9.89. The van der Waals surface area contributed by atoms with E-state index in [0.717, 1.165) is 16.6 Å². The summed E-state index contributed by atoms with van der Waals surface area (Å²) < 4.78 is 1.63. The fourth-order valence-corrected chi connectivity index (χ4v) is 4.74. The minimum Gasteiger partial charge on any atom is -0.343 e. The molecule has 3 aromatic rings. The zero-order valence-corrected chi connectivity index (χ0v) is 19.7. The molecule has 0 unspecified atom stereocenters. The molecule has 1 aliphatic heterocycles. The summed E-state index contributed by atoms with van der Waals surface area (Å²) in [4.78, 5) is 47.5. The van der Waals surface area contributed by atoms with Crippen LogP contribution in [-0.2, 0) is 18.3 Å². The maximum Gasteiger partial charge on any atom is 0.258 e. The lowest BCUT2D eigenvalue weighted by molar-refractivity contribution is -0.133. The van der Waals surface area contributed by atoms with Crippen LogP contribution in [0.15, 0.2) is 29.3 Å². The Hall–Kier alpha value is -3.29. The molecule has 1 N–H and O–H groups in total. The van der Waals surface area contributed by atoms with Crippen molar-refractivity contribution in [1.82, 2.24) is 24.6 Å². The molecule has 33 heavy (non-hydrogen) atoms. The normalized spacial score (nSPS) is 15.7. The highest BCUT2D eigenvalue weighted by molar-refractivity contribution is 5.97. The summed E-state index contributed by atoms with van der Waals surface area (Å²) in [7, 11) is 1.80. The van der Waals surface area contributed by atoms with Crippen molar-refractivity contribution >= 4 is 22.6 Å². The fraction of sp³-hybridized carbons (Fsp3) is 0.480. The number of aryl methyl sites for hydroxylation is 3. The van der Waals surface area contributed by atoms with Crippen LogP contribution in [0.5, 0.6) is 0 Å². The Morgan fingerprint density at radius 3 is 2.61 bits per heavy atom. The van der Waals surface area contributed by atoms with E-state index in [0.29, 0.717) is 55.5 Å². The van der Waals surface area contributed by atoms with Gasteiger partial charge in [-0.1, -0.05) is 13.0 Å². The monoisotopic (exact) mass is 449 g/mol. The standard InChI is InChI=1S/C25H31N5O3/c1-15-9-17(3)23-20(10-15)25(33)28-21(27-23)11-16(2)12-22(31)30-7-5-18(6-8-30)24(32)19-13-26-29(4)14-19/h9-10,13-14,16,18H,5-8,11-12H2,1-4H3,(H,27,28,33)/t16-/m0/s1. The first kappa shape index (κ1) is 22.9. The quantitative estimate of drug-likeness (QED) is 0.583. The average molecular weight is 450 g/mol. The van der Waals surface area contributed by atoms with E-state index < -0.39 is 0 Å². The summed E-state index contributed by atoms with van der Waals surface area (Å²) in [5.41, 5.74) is 3.23. The molecule has 8 heteroatoms. The van der Waals surface area contributed by atoms with Crippen molar-refractivity contribution in [3.63, 3.8) is 0 Å². The van der Waals surface area contributed by atoms with Gasteiger partial charge in [-0.3, -0.25) is 19.1 Å². The number of piperidine rings is 1. The molecule has 1 aromatic carbocycles. The molecule has 0 bridgehead atoms. The molecule has 174 valence electrons. The van der Waals surface area contributed by atoms with Gasteiger partial charge >= 0.3 is 0 Å². The number of fused-ring (bicyclic) bond motifs is 1. The number of aromatic amines is 1. The van der Waals surface area contributed by atoms with Gasteiger partial charge in [-0.15, -0.1) is 0 Å². The number of nitrogens with one attached hydrogen (secondary N) is 1. The lowest BCUT2D eigenvalue weighted by Gasteiger charge is -2.32. The molecule has 1 aliphatic rings. The summed E-state index contributed by atoms with van der Waals surface area (Å²) in [5.74, 6) is 0.790. The predicted molar refractivity (Wildman–Crippen MR) is 126 cm³/mol. The zero-order chi connectivity index (χ0) is 23.7. The van der Waals surface area contributed by atoms with Crippen molar-refractivity contribution in [2.75, 3.05) is 13.1 Å². The maximum atomic E-state index is 12.9. The minimum atomic E-state index is -0.138. The smallest absolute Gasteiger partial charge is 0.258 e. The third-order valence-corrected chi connectivity index (χ3v) is 6.47. The van der Waals surface area contributed by atoms with E-state index in [1.807, 2.05) is 37.8 Å². The lowest BCUT2D eigenvalue weighted by Crippen LogP contribution is -2.40. The average Bonchev–Trinajstić information content (AvgIpc) is 3.20. The molecule has 1 amide bonds. The second-order valence-electron chi connectivity index (χ2n) is 9.43. The van der Waals surface area contributed by atoms with Crippen LogP contribution >= 0.6 is 0 Å². The van der Waals surface area contributed by atoms with Crippen molar-refractivity contribution in [2.45, 2.75) is 46.5 Å². The van der Waals surface area contributed by atoms with Gasteiger partial charge in [0, 0.05) is 45.1 Å². The van der Waals surface area contributed by atoms with Crippen molar-refractivity contribution in [3.8, 4) is 0 Å². The molecule has 8 nitrogen and oxygen atoms in total. The Morgan fingerprint density at radius 2 is 1.94 bits per heavy atom. The summed E-state index contributed by atoms with van der Waals surface area (Å²) in [5, 5.41) is 4.68. The van der Waals surface area contributed by atoms with Crippen molar-refractivity contribution in [1.29, 1.82) is 0 Å². The van der Waals surface area contributed by atoms with Crippen molar-refractivity contribution in [3.05, 3.63) is 57.4 Å². The molecule has 3 heterocycles. The van der Waals surface area contributed by atoms with Gasteiger partial charge in [-0.05, 0) is 49.8 Å². The molecule has 0 aliphatic carbocycles. The van der Waals surface area contributed by atoms with Gasteiger partial charge in [0.1, 0.15) is 5.82 Å². The predicted octanol–water partition coefficient (Wildman–Crippen LogP) is 2.96. The molecule has 0 spiro atoms. The summed E-state index contributed by atoms with van der Waals surface area (Å²) in [6.45, 7) is 7.10. The molecular formula is C25H31N5O3. The molecule has 4 rings (SSSR count). The van der Waals surface area contributed by atoms with E-state index >= 15 is 0 Å². The number of likely N-dealkylation sites (tertiary alicyclic amines) is 1. The summed E-state index contributed by atoms with van der Waals surface area (Å²) >= 11 is 0. The third-order valence-electron chi connectivity index (χ3n) is 6.47. The summed E-state index contributed by atoms with van der Waals surface area (Å²) in [6.07, 6.45) is 5.61. The van der Waals surface area contributed by atoms with E-state index in [1.165, 1.54) is 0 Å². The van der Waals surface area contributed by atoms with Crippen LogP contribution in [0.2, 0.25) is 0 Å². The number of benzene rings is 1. The van der Waals surface area contributed by atoms with Crippen LogP contribution in [0.25, 0.3) is 10.9 Å². The van der Waals surface area contributed by atoms with Crippen molar-refractivity contribution in [2.24, 2.45) is 18.9 Å². The molecule has 1 fully saturated rings. The highest BCUT2D eigenvalue weighted by Crippen LogP contribution is 2.23. The number of amides is 1. The molecule has 1 atom stereocenters. The van der Waals surface area contributed by atoms with Crippen molar-refractivity contribution < 1.29 is 9.59 Å². The number of hydrogen-bond donors (Lipinski definition) is 1. The number of aromatic nitrogens is 4. The largest absolute Gasteiger partial charge is 0.343 e. The molecule has 0 radical (unpaired) electrons. The highest BCUT2D eigenvalue weighted by atomic mass is 16.2. The van der Waals surface area contributed by atoms with Gasteiger partial charge in [-0.25, -0.2) is 4.98 Å². The van der Waals surface area contributed by atoms with Crippen LogP contribution in [0.1, 0.15) is 53.5 Å². The Balaban J connectivity index is 1.34. The van der Waals surface area contributed by atoms with E-state index in [9.17, 15) is 14.4 Å². The van der Waals surface area contributed by atoms with Crippen LogP contribution in [0, 0.1) is 25.7 Å². The third kappa shape index (κ3) is 5.05. The zero-order valence-electron chi connectivity index (χ0n) is 19.7. The van der Waals surface area contributed by atoms with Crippen LogP contribution in [0.3, 0.4) is 0 Å². The van der Waals surface area contributed by atoms with Crippen LogP contribution in [0.4, 0.5) is 0 Å². The van der Waals surface area contributed by atoms with Gasteiger partial charge < -0.3 is 9.88 Å². The first-order valence-electron chi connectivity index (χ1n) is 11.5. The summed E-state index contributed by atoms with van der Waals surface area (Å²) in [6, 6.07) is 3.88. The number of Topliss-reactive ketones (excluding diaryl/α,β-unsaturated/α-hetero) is 1. The second-order valence-corrected chi connectivity index (χ2v) is 9.43. The first-order valence-corrected chi connectivity index (χ1v) is 11.5. The maximum absolute atomic E-state index is 12.9. The molecule has 2 aromatic heterocycles. The Kier molecular flexibility index (Phi) is 6.44. The van der Waals surface area contributed by atoms with E-state index in [4.69, 9.17) is 0 Å². The number of rotatable bonds is 6. The van der Waals surface area contributed by atoms with E-state index in [1.54, 1.807) is 24.1 Å². The van der Waals surface area contributed by atoms with Crippen LogP contribution < -0.4 is 5.56 Å². The number of carbonyl (C=O) groups excluding carboxylic acids is 2. The Bertz CT molecular complexity index is 1250. The fourth-order valence-electron chi connectivity index (χ4n) is 4.74. The topological polar surface area (TPSA) is 101 Å². The number of H-pyrrole nitrogens is 1. The second kappa shape index (κ2) is 9.29. The minimum absolute atomic E-state index is 0.0404. The number of carbonyl (C=O) groups is 2. The van der Waals surface area contributed by atoms with E-state index in [-0.39, 0.29) is 29.1 Å². The van der Waals surface area contributed by atoms with Gasteiger partial charge in [0.05, 0.1) is 22.7 Å². The first-order chi connectivity index (χ1) is 15.7.